The van der Waals surface area contributed by atoms with Crippen LogP contribution in [0, 0.1) is 16.7 Å². The first-order chi connectivity index (χ1) is 8.47. The number of benzene rings is 1. The molecule has 0 aliphatic heterocycles. The summed E-state index contributed by atoms with van der Waals surface area (Å²) in [6.45, 7) is 6.67. The van der Waals surface area contributed by atoms with Crippen molar-refractivity contribution in [2.24, 2.45) is 16.7 Å². The van der Waals surface area contributed by atoms with Gasteiger partial charge in [0.2, 0.25) is 0 Å². The lowest BCUT2D eigenvalue weighted by Crippen LogP contribution is -2.32. The van der Waals surface area contributed by atoms with Gasteiger partial charge in [0.1, 0.15) is 0 Å². The summed E-state index contributed by atoms with van der Waals surface area (Å²) >= 11 is 0. The molecule has 0 aromatic heterocycles. The maximum Gasteiger partial charge on any atom is 0.165 e. The van der Waals surface area contributed by atoms with Crippen molar-refractivity contribution in [1.82, 2.24) is 0 Å². The Bertz CT molecular complexity index is 524. The third-order valence-electron chi connectivity index (χ3n) is 5.49. The van der Waals surface area contributed by atoms with Gasteiger partial charge in [-0.3, -0.25) is 4.79 Å². The van der Waals surface area contributed by atoms with E-state index >= 15 is 0 Å². The summed E-state index contributed by atoms with van der Waals surface area (Å²) in [5.41, 5.74) is 2.18. The lowest BCUT2D eigenvalue weighted by atomic mass is 9.70. The molecule has 0 unspecified atom stereocenters. The van der Waals surface area contributed by atoms with Gasteiger partial charge in [0.15, 0.2) is 5.78 Å². The van der Waals surface area contributed by atoms with Crippen molar-refractivity contribution in [2.45, 2.75) is 33.6 Å². The zero-order valence-electron chi connectivity index (χ0n) is 11.4. The fourth-order valence-corrected chi connectivity index (χ4v) is 3.82. The molecule has 1 aromatic carbocycles. The molecule has 18 heavy (non-hydrogen) atoms. The van der Waals surface area contributed by atoms with Crippen LogP contribution in [0.25, 0.3) is 6.08 Å². The molecule has 0 heterocycles. The van der Waals surface area contributed by atoms with Gasteiger partial charge in [-0.25, -0.2) is 0 Å². The topological polar surface area (TPSA) is 17.1 Å². The van der Waals surface area contributed by atoms with E-state index < -0.39 is 0 Å². The second-order valence-corrected chi connectivity index (χ2v) is 6.48. The Morgan fingerprint density at radius 2 is 1.83 bits per heavy atom. The van der Waals surface area contributed by atoms with E-state index in [0.717, 1.165) is 24.0 Å². The molecule has 2 saturated carbocycles. The number of fused-ring (bicyclic) bond motifs is 2. The summed E-state index contributed by atoms with van der Waals surface area (Å²) in [4.78, 5) is 12.6. The van der Waals surface area contributed by atoms with Crippen molar-refractivity contribution in [2.75, 3.05) is 0 Å². The molecular formula is C17H20O. The second-order valence-electron chi connectivity index (χ2n) is 6.48. The third kappa shape index (κ3) is 1.31. The van der Waals surface area contributed by atoms with Crippen molar-refractivity contribution in [3.8, 4) is 0 Å². The molecule has 0 saturated heterocycles. The number of carbonyl (C=O) groups excluding carboxylic acids is 1. The van der Waals surface area contributed by atoms with Gasteiger partial charge in [0, 0.05) is 5.41 Å². The number of rotatable bonds is 1. The molecule has 2 bridgehead atoms. The van der Waals surface area contributed by atoms with Gasteiger partial charge < -0.3 is 0 Å². The standard InChI is InChI=1S/C17H20O/c1-16(2)14-9-10-17(16,3)15(18)13(14)11-12-7-5-4-6-8-12/h4-8,11,14H,9-10H2,1-3H3/b13-11+/t14-,17-/m1/s1. The van der Waals surface area contributed by atoms with Crippen LogP contribution >= 0.6 is 0 Å². The Balaban J connectivity index is 2.07. The number of hydrogen-bond acceptors (Lipinski definition) is 1. The molecular weight excluding hydrogens is 220 g/mol. The van der Waals surface area contributed by atoms with Crippen LogP contribution in [0.2, 0.25) is 0 Å². The first-order valence-corrected chi connectivity index (χ1v) is 6.78. The van der Waals surface area contributed by atoms with E-state index in [9.17, 15) is 4.79 Å². The Kier molecular flexibility index (Phi) is 2.32. The molecule has 1 heteroatoms. The normalized spacial score (nSPS) is 35.4. The van der Waals surface area contributed by atoms with Crippen LogP contribution in [0.4, 0.5) is 0 Å². The third-order valence-corrected chi connectivity index (χ3v) is 5.49. The van der Waals surface area contributed by atoms with E-state index in [1.165, 1.54) is 0 Å². The lowest BCUT2D eigenvalue weighted by molar-refractivity contribution is -0.125. The van der Waals surface area contributed by atoms with E-state index in [1.54, 1.807) is 0 Å². The van der Waals surface area contributed by atoms with Crippen molar-refractivity contribution in [3.05, 3.63) is 41.5 Å². The highest BCUT2D eigenvalue weighted by Crippen LogP contribution is 2.65. The summed E-state index contributed by atoms with van der Waals surface area (Å²) < 4.78 is 0. The van der Waals surface area contributed by atoms with E-state index in [0.29, 0.717) is 11.7 Å². The predicted molar refractivity (Wildman–Crippen MR) is 74.0 cm³/mol. The van der Waals surface area contributed by atoms with Gasteiger partial charge in [0.05, 0.1) is 0 Å². The molecule has 0 N–H and O–H groups in total. The molecule has 0 amide bonds. The molecule has 2 fully saturated rings. The monoisotopic (exact) mass is 240 g/mol. The minimum Gasteiger partial charge on any atom is -0.294 e. The summed E-state index contributed by atoms with van der Waals surface area (Å²) in [5, 5.41) is 0. The van der Waals surface area contributed by atoms with Crippen LogP contribution in [0.5, 0.6) is 0 Å². The van der Waals surface area contributed by atoms with E-state index in [4.69, 9.17) is 0 Å². The van der Waals surface area contributed by atoms with Gasteiger partial charge in [-0.05, 0) is 41.4 Å². The maximum atomic E-state index is 12.6. The summed E-state index contributed by atoms with van der Waals surface area (Å²) in [5.74, 6) is 0.822. The highest BCUT2D eigenvalue weighted by atomic mass is 16.1. The van der Waals surface area contributed by atoms with E-state index in [-0.39, 0.29) is 10.8 Å². The average molecular weight is 240 g/mol. The minimum absolute atomic E-state index is 0.116. The molecule has 0 radical (unpaired) electrons. The molecule has 94 valence electrons. The quantitative estimate of drug-likeness (QED) is 0.675. The molecule has 0 spiro atoms. The molecule has 2 aliphatic rings. The number of carbonyl (C=O) groups is 1. The molecule has 2 atom stereocenters. The summed E-state index contributed by atoms with van der Waals surface area (Å²) in [7, 11) is 0. The van der Waals surface area contributed by atoms with Crippen LogP contribution in [0.3, 0.4) is 0 Å². The summed E-state index contributed by atoms with van der Waals surface area (Å²) in [6.07, 6.45) is 4.32. The first-order valence-electron chi connectivity index (χ1n) is 6.78. The molecule has 2 aliphatic carbocycles. The zero-order valence-corrected chi connectivity index (χ0v) is 11.4. The van der Waals surface area contributed by atoms with Gasteiger partial charge in [-0.15, -0.1) is 0 Å². The second kappa shape index (κ2) is 3.57. The number of allylic oxidation sites excluding steroid dienone is 1. The van der Waals surface area contributed by atoms with Crippen molar-refractivity contribution < 1.29 is 4.79 Å². The van der Waals surface area contributed by atoms with Crippen molar-refractivity contribution in [1.29, 1.82) is 0 Å². The van der Waals surface area contributed by atoms with Gasteiger partial charge >= 0.3 is 0 Å². The predicted octanol–water partition coefficient (Wildman–Crippen LogP) is 4.10. The average Bonchev–Trinajstić information content (AvgIpc) is 2.65. The summed E-state index contributed by atoms with van der Waals surface area (Å²) in [6, 6.07) is 10.2. The number of Topliss-reactive ketones (excluding diaryl/α,β-unsaturated/α-hetero) is 1. The highest BCUT2D eigenvalue weighted by Gasteiger charge is 2.63. The largest absolute Gasteiger partial charge is 0.294 e. The van der Waals surface area contributed by atoms with Crippen LogP contribution < -0.4 is 0 Å². The SMILES string of the molecule is CC1(C)[C@@H]2CC[C@]1(C)C(=O)/C2=C/c1ccccc1. The molecule has 1 aromatic rings. The Morgan fingerprint density at radius 3 is 2.39 bits per heavy atom. The minimum atomic E-state index is -0.141. The van der Waals surface area contributed by atoms with Gasteiger partial charge in [-0.1, -0.05) is 51.1 Å². The van der Waals surface area contributed by atoms with Gasteiger partial charge in [-0.2, -0.15) is 0 Å². The Labute approximate surface area is 109 Å². The fourth-order valence-electron chi connectivity index (χ4n) is 3.82. The van der Waals surface area contributed by atoms with Crippen LogP contribution in [-0.4, -0.2) is 5.78 Å². The number of hydrogen-bond donors (Lipinski definition) is 0. The van der Waals surface area contributed by atoms with Crippen molar-refractivity contribution >= 4 is 11.9 Å². The van der Waals surface area contributed by atoms with Gasteiger partial charge in [0.25, 0.3) is 0 Å². The molecule has 1 nitrogen and oxygen atoms in total. The Morgan fingerprint density at radius 1 is 1.17 bits per heavy atom. The van der Waals surface area contributed by atoms with E-state index in [2.05, 4.69) is 39.0 Å². The number of ketones is 1. The first kappa shape index (κ1) is 11.7. The van der Waals surface area contributed by atoms with Crippen molar-refractivity contribution in [3.63, 3.8) is 0 Å². The zero-order chi connectivity index (χ0) is 13.0. The maximum absolute atomic E-state index is 12.6. The van der Waals surface area contributed by atoms with E-state index in [1.807, 2.05) is 18.2 Å². The Hall–Kier alpha value is -1.37. The highest BCUT2D eigenvalue weighted by molar-refractivity contribution is 6.07. The lowest BCUT2D eigenvalue weighted by Gasteiger charge is -2.31. The van der Waals surface area contributed by atoms with Crippen LogP contribution in [0.1, 0.15) is 39.2 Å². The smallest absolute Gasteiger partial charge is 0.165 e. The fraction of sp³-hybridized carbons (Fsp3) is 0.471. The molecule has 3 rings (SSSR count). The van der Waals surface area contributed by atoms with Crippen LogP contribution in [0.15, 0.2) is 35.9 Å². The van der Waals surface area contributed by atoms with Crippen LogP contribution in [-0.2, 0) is 4.79 Å².